The molecule has 0 radical (unpaired) electrons. The van der Waals surface area contributed by atoms with Crippen LogP contribution in [0.5, 0.6) is 0 Å². The summed E-state index contributed by atoms with van der Waals surface area (Å²) < 4.78 is 0. The largest absolute Gasteiger partial charge is 0.300 e. The van der Waals surface area contributed by atoms with Crippen molar-refractivity contribution in [3.05, 3.63) is 35.9 Å². The molecule has 0 amide bonds. The van der Waals surface area contributed by atoms with E-state index in [4.69, 9.17) is 0 Å². The Hall–Kier alpha value is -0.820. The van der Waals surface area contributed by atoms with E-state index in [9.17, 15) is 4.79 Å². The molecule has 0 saturated carbocycles. The minimum absolute atomic E-state index is 0. The van der Waals surface area contributed by atoms with Gasteiger partial charge in [-0.3, -0.25) is 0 Å². The first-order chi connectivity index (χ1) is 5.13. The molecule has 0 aromatic heterocycles. The summed E-state index contributed by atoms with van der Waals surface area (Å²) in [5.74, 6) is 0.167. The molecule has 0 unspecified atom stereocenters. The van der Waals surface area contributed by atoms with Gasteiger partial charge in [-0.05, 0) is 20.8 Å². The molecule has 68 valence electrons. The summed E-state index contributed by atoms with van der Waals surface area (Å²) >= 11 is 0. The Morgan fingerprint density at radius 3 is 1.58 bits per heavy atom. The van der Waals surface area contributed by atoms with Crippen molar-refractivity contribution in [1.29, 1.82) is 0 Å². The second-order valence-corrected chi connectivity index (χ2v) is 2.56. The molecule has 0 saturated heterocycles. The third-order valence-corrected chi connectivity index (χ3v) is 0.940. The van der Waals surface area contributed by atoms with E-state index >= 15 is 0 Å². The first-order valence-electron chi connectivity index (χ1n) is 3.61. The van der Waals surface area contributed by atoms with E-state index in [1.807, 2.05) is 18.2 Å². The number of Topliss-reactive ketones (excluding diaryl/α,β-unsaturated/α-hetero) is 1. The van der Waals surface area contributed by atoms with E-state index in [2.05, 4.69) is 19.1 Å². The molecule has 2 heteroatoms. The van der Waals surface area contributed by atoms with Crippen molar-refractivity contribution >= 4 is 18.2 Å². The Kier molecular flexibility index (Phi) is 9.48. The molecule has 1 aromatic rings. The van der Waals surface area contributed by atoms with Gasteiger partial charge in [-0.2, -0.15) is 0 Å². The van der Waals surface area contributed by atoms with Crippen molar-refractivity contribution in [2.45, 2.75) is 20.8 Å². The normalized spacial score (nSPS) is 7.25. The number of benzene rings is 1. The predicted molar refractivity (Wildman–Crippen MR) is 54.8 cm³/mol. The summed E-state index contributed by atoms with van der Waals surface area (Å²) in [6.45, 7) is 5.14. The zero-order valence-electron chi connectivity index (χ0n) is 7.70. The van der Waals surface area contributed by atoms with E-state index in [0.29, 0.717) is 0 Å². The molecular formula is C10H15ClO. The van der Waals surface area contributed by atoms with Gasteiger partial charge in [0.25, 0.3) is 0 Å². The lowest BCUT2D eigenvalue weighted by atomic mass is 10.2. The number of rotatable bonds is 0. The van der Waals surface area contributed by atoms with Gasteiger partial charge in [0.15, 0.2) is 0 Å². The maximum absolute atomic E-state index is 9.44. The summed E-state index contributed by atoms with van der Waals surface area (Å²) in [4.78, 5) is 9.44. The molecule has 0 bridgehead atoms. The minimum atomic E-state index is 0. The number of halogens is 1. The number of hydrogen-bond donors (Lipinski definition) is 0. The predicted octanol–water partition coefficient (Wildman–Crippen LogP) is 3.01. The Balaban J connectivity index is 0. The zero-order valence-corrected chi connectivity index (χ0v) is 8.52. The molecule has 12 heavy (non-hydrogen) atoms. The monoisotopic (exact) mass is 186 g/mol. The molecule has 0 fully saturated rings. The smallest absolute Gasteiger partial charge is 0.126 e. The minimum Gasteiger partial charge on any atom is -0.300 e. The number of ketones is 1. The number of hydrogen-bond acceptors (Lipinski definition) is 1. The first kappa shape index (κ1) is 13.7. The Morgan fingerprint density at radius 1 is 1.08 bits per heavy atom. The van der Waals surface area contributed by atoms with Crippen LogP contribution in [0.25, 0.3) is 0 Å². The molecule has 0 heterocycles. The van der Waals surface area contributed by atoms with Gasteiger partial charge in [-0.15, -0.1) is 12.4 Å². The van der Waals surface area contributed by atoms with Crippen LogP contribution in [0, 0.1) is 6.92 Å². The van der Waals surface area contributed by atoms with Gasteiger partial charge in [0, 0.05) is 0 Å². The van der Waals surface area contributed by atoms with Crippen LogP contribution in [0.4, 0.5) is 0 Å². The van der Waals surface area contributed by atoms with Gasteiger partial charge >= 0.3 is 0 Å². The van der Waals surface area contributed by atoms with Crippen LogP contribution in [0.3, 0.4) is 0 Å². The van der Waals surface area contributed by atoms with Crippen LogP contribution in [0.1, 0.15) is 19.4 Å². The molecule has 0 atom stereocenters. The molecular weight excluding hydrogens is 172 g/mol. The molecule has 0 N–H and O–H groups in total. The molecule has 0 aliphatic heterocycles. The quantitative estimate of drug-likeness (QED) is 0.609. The third kappa shape index (κ3) is 11.9. The average Bonchev–Trinajstić information content (AvgIpc) is 1.87. The van der Waals surface area contributed by atoms with E-state index in [1.54, 1.807) is 0 Å². The Labute approximate surface area is 80.2 Å². The van der Waals surface area contributed by atoms with Gasteiger partial charge < -0.3 is 4.79 Å². The highest BCUT2D eigenvalue weighted by Gasteiger charge is 1.72. The fraction of sp³-hybridized carbons (Fsp3) is 0.300. The summed E-state index contributed by atoms with van der Waals surface area (Å²) in [5, 5.41) is 0. The standard InChI is InChI=1S/C7H8.C3H6O.ClH/c1-7-5-3-2-4-6-7;1-3(2)4;/h2-6H,1H3;1-2H3;1H. The van der Waals surface area contributed by atoms with Crippen molar-refractivity contribution in [2.75, 3.05) is 0 Å². The number of aryl methyl sites for hydroxylation is 1. The highest BCUT2D eigenvalue weighted by molar-refractivity contribution is 5.85. The topological polar surface area (TPSA) is 17.1 Å². The summed E-state index contributed by atoms with van der Waals surface area (Å²) in [7, 11) is 0. The highest BCUT2D eigenvalue weighted by Crippen LogP contribution is 1.92. The van der Waals surface area contributed by atoms with Crippen molar-refractivity contribution in [3.63, 3.8) is 0 Å². The fourth-order valence-electron chi connectivity index (χ4n) is 0.534. The van der Waals surface area contributed by atoms with Gasteiger partial charge in [-0.1, -0.05) is 35.9 Å². The van der Waals surface area contributed by atoms with Gasteiger partial charge in [0.05, 0.1) is 0 Å². The zero-order chi connectivity index (χ0) is 8.69. The molecule has 0 spiro atoms. The lowest BCUT2D eigenvalue weighted by Gasteiger charge is -1.82. The maximum atomic E-state index is 9.44. The van der Waals surface area contributed by atoms with Crippen LogP contribution < -0.4 is 0 Å². The van der Waals surface area contributed by atoms with Crippen LogP contribution in [-0.2, 0) is 4.79 Å². The highest BCUT2D eigenvalue weighted by atomic mass is 35.5. The average molecular weight is 187 g/mol. The molecule has 1 aromatic carbocycles. The second-order valence-electron chi connectivity index (χ2n) is 2.56. The molecule has 0 aliphatic carbocycles. The number of carbonyl (C=O) groups is 1. The summed E-state index contributed by atoms with van der Waals surface area (Å²) in [5.41, 5.74) is 1.32. The van der Waals surface area contributed by atoms with Gasteiger partial charge in [0.1, 0.15) is 5.78 Å². The van der Waals surface area contributed by atoms with E-state index in [0.717, 1.165) is 0 Å². The summed E-state index contributed by atoms with van der Waals surface area (Å²) in [6.07, 6.45) is 0. The first-order valence-corrected chi connectivity index (χ1v) is 3.61. The van der Waals surface area contributed by atoms with E-state index in [-0.39, 0.29) is 18.2 Å². The van der Waals surface area contributed by atoms with Crippen LogP contribution in [0.15, 0.2) is 30.3 Å². The van der Waals surface area contributed by atoms with Crippen LogP contribution >= 0.6 is 12.4 Å². The lowest BCUT2D eigenvalue weighted by molar-refractivity contribution is -0.114. The fourth-order valence-corrected chi connectivity index (χ4v) is 0.534. The van der Waals surface area contributed by atoms with Crippen molar-refractivity contribution in [2.24, 2.45) is 0 Å². The van der Waals surface area contributed by atoms with Crippen molar-refractivity contribution in [3.8, 4) is 0 Å². The molecule has 1 nitrogen and oxygen atoms in total. The lowest BCUT2D eigenvalue weighted by Crippen LogP contribution is -1.69. The van der Waals surface area contributed by atoms with E-state index in [1.165, 1.54) is 19.4 Å². The Morgan fingerprint density at radius 2 is 1.42 bits per heavy atom. The van der Waals surface area contributed by atoms with Gasteiger partial charge in [-0.25, -0.2) is 0 Å². The molecule has 0 aliphatic rings. The SMILES string of the molecule is CC(C)=O.Cc1ccccc1.Cl. The van der Waals surface area contributed by atoms with Crippen molar-refractivity contribution < 1.29 is 4.79 Å². The van der Waals surface area contributed by atoms with Crippen molar-refractivity contribution in [1.82, 2.24) is 0 Å². The maximum Gasteiger partial charge on any atom is 0.126 e. The van der Waals surface area contributed by atoms with Crippen LogP contribution in [-0.4, -0.2) is 5.78 Å². The van der Waals surface area contributed by atoms with E-state index < -0.39 is 0 Å². The van der Waals surface area contributed by atoms with Gasteiger partial charge in [0.2, 0.25) is 0 Å². The van der Waals surface area contributed by atoms with Crippen LogP contribution in [0.2, 0.25) is 0 Å². The third-order valence-electron chi connectivity index (χ3n) is 0.940. The Bertz CT molecular complexity index is 202. The molecule has 1 rings (SSSR count). The number of carbonyl (C=O) groups excluding carboxylic acids is 1. The summed E-state index contributed by atoms with van der Waals surface area (Å²) in [6, 6.07) is 10.3. The second kappa shape index (κ2) is 8.28.